The number of aromatic nitrogens is 2. The molecular weight excluding hydrogens is 294 g/mol. The molecule has 7 nitrogen and oxygen atoms in total. The van der Waals surface area contributed by atoms with Gasteiger partial charge < -0.3 is 10.1 Å². The molecule has 0 radical (unpaired) electrons. The van der Waals surface area contributed by atoms with E-state index in [-0.39, 0.29) is 18.1 Å². The average molecular weight is 315 g/mol. The topological polar surface area (TPSA) is 103 Å². The molecule has 0 bridgehead atoms. The zero-order valence-electron chi connectivity index (χ0n) is 12.3. The molecule has 1 aromatic heterocycles. The molecule has 1 aliphatic rings. The number of carboxylic acid groups (broad SMARTS) is 1. The summed E-state index contributed by atoms with van der Waals surface area (Å²) in [6.07, 6.45) is 3.15. The zero-order valence-corrected chi connectivity index (χ0v) is 13.1. The van der Waals surface area contributed by atoms with Crippen LogP contribution in [0.3, 0.4) is 0 Å². The van der Waals surface area contributed by atoms with Crippen molar-refractivity contribution in [3.8, 4) is 0 Å². The lowest BCUT2D eigenvalue weighted by Crippen LogP contribution is -2.46. The minimum atomic E-state index is -3.61. The molecule has 0 atom stereocenters. The fourth-order valence-electron chi connectivity index (χ4n) is 2.67. The maximum atomic E-state index is 12.5. The normalized spacial score (nSPS) is 19.5. The molecule has 1 aliphatic heterocycles. The maximum absolute atomic E-state index is 12.5. The summed E-state index contributed by atoms with van der Waals surface area (Å²) in [5.41, 5.74) is -0.797. The maximum Gasteiger partial charge on any atom is 0.309 e. The van der Waals surface area contributed by atoms with Crippen molar-refractivity contribution < 1.29 is 18.3 Å². The van der Waals surface area contributed by atoms with Gasteiger partial charge in [0, 0.05) is 19.5 Å². The van der Waals surface area contributed by atoms with E-state index in [1.807, 2.05) is 13.8 Å². The summed E-state index contributed by atoms with van der Waals surface area (Å²) in [6.45, 7) is 4.17. The third-order valence-electron chi connectivity index (χ3n) is 4.37. The number of aromatic amines is 1. The fourth-order valence-corrected chi connectivity index (χ4v) is 4.04. The van der Waals surface area contributed by atoms with Crippen LogP contribution in [0.15, 0.2) is 11.2 Å². The Morgan fingerprint density at radius 3 is 2.48 bits per heavy atom. The van der Waals surface area contributed by atoms with Crippen LogP contribution in [0.25, 0.3) is 0 Å². The quantitative estimate of drug-likeness (QED) is 0.851. The summed E-state index contributed by atoms with van der Waals surface area (Å²) < 4.78 is 26.3. The van der Waals surface area contributed by atoms with Crippen molar-refractivity contribution in [2.24, 2.45) is 5.41 Å². The Morgan fingerprint density at radius 1 is 1.43 bits per heavy atom. The first-order valence-electron chi connectivity index (χ1n) is 7.13. The molecule has 0 saturated carbocycles. The highest BCUT2D eigenvalue weighted by molar-refractivity contribution is 7.89. The van der Waals surface area contributed by atoms with Crippen molar-refractivity contribution in [3.05, 3.63) is 12.0 Å². The first-order valence-corrected chi connectivity index (χ1v) is 8.57. The van der Waals surface area contributed by atoms with Crippen LogP contribution in [0.2, 0.25) is 0 Å². The van der Waals surface area contributed by atoms with Crippen molar-refractivity contribution in [2.75, 3.05) is 13.1 Å². The molecule has 2 rings (SSSR count). The predicted octanol–water partition coefficient (Wildman–Crippen LogP) is 1.24. The van der Waals surface area contributed by atoms with Crippen LogP contribution in [-0.4, -0.2) is 46.9 Å². The number of nitrogens with zero attached hydrogens (tertiary/aromatic N) is 2. The summed E-state index contributed by atoms with van der Waals surface area (Å²) in [5.74, 6) is -0.212. The lowest BCUT2D eigenvalue weighted by Gasteiger charge is -2.37. The molecule has 0 amide bonds. The third kappa shape index (κ3) is 2.82. The second-order valence-corrected chi connectivity index (χ2v) is 7.30. The number of aryl methyl sites for hydroxylation is 1. The first kappa shape index (κ1) is 16.0. The van der Waals surface area contributed by atoms with Gasteiger partial charge in [-0.25, -0.2) is 13.4 Å². The number of carbonyl (C=O) groups is 1. The van der Waals surface area contributed by atoms with Crippen molar-refractivity contribution >= 4 is 16.0 Å². The van der Waals surface area contributed by atoms with Crippen LogP contribution in [0, 0.1) is 5.41 Å². The van der Waals surface area contributed by atoms with Gasteiger partial charge in [-0.1, -0.05) is 13.8 Å². The van der Waals surface area contributed by atoms with Crippen molar-refractivity contribution in [3.63, 3.8) is 0 Å². The van der Waals surface area contributed by atoms with Gasteiger partial charge in [0.2, 0.25) is 0 Å². The van der Waals surface area contributed by atoms with Gasteiger partial charge in [0.1, 0.15) is 5.82 Å². The lowest BCUT2D eigenvalue weighted by atomic mass is 9.77. The van der Waals surface area contributed by atoms with Gasteiger partial charge in [-0.15, -0.1) is 0 Å². The van der Waals surface area contributed by atoms with Crippen LogP contribution in [0.1, 0.15) is 38.9 Å². The third-order valence-corrected chi connectivity index (χ3v) is 6.18. The Balaban J connectivity index is 2.16. The molecule has 8 heteroatoms. The molecule has 2 heterocycles. The number of hydrogen-bond donors (Lipinski definition) is 2. The smallest absolute Gasteiger partial charge is 0.309 e. The van der Waals surface area contributed by atoms with Crippen LogP contribution in [0.4, 0.5) is 0 Å². The Kier molecular flexibility index (Phi) is 4.38. The van der Waals surface area contributed by atoms with E-state index >= 15 is 0 Å². The Morgan fingerprint density at radius 2 is 2.05 bits per heavy atom. The van der Waals surface area contributed by atoms with E-state index in [0.717, 1.165) is 0 Å². The van der Waals surface area contributed by atoms with Crippen molar-refractivity contribution in [1.82, 2.24) is 14.3 Å². The molecule has 1 aromatic rings. The number of piperidine rings is 1. The summed E-state index contributed by atoms with van der Waals surface area (Å²) in [4.78, 5) is 18.2. The highest BCUT2D eigenvalue weighted by Gasteiger charge is 2.42. The van der Waals surface area contributed by atoms with Crippen LogP contribution in [0.5, 0.6) is 0 Å². The summed E-state index contributed by atoms with van der Waals surface area (Å²) in [7, 11) is -3.61. The molecule has 118 valence electrons. The van der Waals surface area contributed by atoms with E-state index in [2.05, 4.69) is 9.97 Å². The number of hydrogen-bond acceptors (Lipinski definition) is 4. The largest absolute Gasteiger partial charge is 0.481 e. The van der Waals surface area contributed by atoms with Gasteiger partial charge >= 0.3 is 5.97 Å². The number of sulfonamides is 1. The monoisotopic (exact) mass is 315 g/mol. The molecule has 0 spiro atoms. The lowest BCUT2D eigenvalue weighted by molar-refractivity contribution is -0.151. The van der Waals surface area contributed by atoms with Crippen LogP contribution >= 0.6 is 0 Å². The number of imidazole rings is 1. The van der Waals surface area contributed by atoms with Gasteiger partial charge in [-0.05, 0) is 19.3 Å². The van der Waals surface area contributed by atoms with E-state index in [9.17, 15) is 18.3 Å². The molecule has 1 saturated heterocycles. The van der Waals surface area contributed by atoms with Gasteiger partial charge in [0.25, 0.3) is 10.0 Å². The SMILES string of the molecule is CCc1ncc(S(=O)(=O)N2CCC(CC)(C(=O)O)CC2)[nH]1. The number of carboxylic acids is 1. The van der Waals surface area contributed by atoms with Crippen LogP contribution < -0.4 is 0 Å². The average Bonchev–Trinajstić information content (AvgIpc) is 2.96. The van der Waals surface area contributed by atoms with E-state index in [1.165, 1.54) is 10.5 Å². The second-order valence-electron chi connectivity index (χ2n) is 5.39. The zero-order chi connectivity index (χ0) is 15.7. The second kappa shape index (κ2) is 5.76. The number of nitrogens with one attached hydrogen (secondary N) is 1. The highest BCUT2D eigenvalue weighted by Crippen LogP contribution is 2.36. The van der Waals surface area contributed by atoms with Gasteiger partial charge in [-0.2, -0.15) is 4.31 Å². The molecule has 1 fully saturated rings. The summed E-state index contributed by atoms with van der Waals surface area (Å²) >= 11 is 0. The molecule has 0 aromatic carbocycles. The Labute approximate surface area is 124 Å². The van der Waals surface area contributed by atoms with E-state index in [1.54, 1.807) is 0 Å². The van der Waals surface area contributed by atoms with Crippen LogP contribution in [-0.2, 0) is 21.2 Å². The van der Waals surface area contributed by atoms with E-state index < -0.39 is 21.4 Å². The van der Waals surface area contributed by atoms with Crippen molar-refractivity contribution in [1.29, 1.82) is 0 Å². The van der Waals surface area contributed by atoms with E-state index in [4.69, 9.17) is 0 Å². The predicted molar refractivity (Wildman–Crippen MR) is 76.3 cm³/mol. The number of H-pyrrole nitrogens is 1. The van der Waals surface area contributed by atoms with Gasteiger partial charge in [0.05, 0.1) is 11.6 Å². The molecule has 21 heavy (non-hydrogen) atoms. The minimum absolute atomic E-state index is 0.0821. The summed E-state index contributed by atoms with van der Waals surface area (Å²) in [6, 6.07) is 0. The molecular formula is C13H21N3O4S. The standard InChI is InChI=1S/C13H21N3O4S/c1-3-10-14-9-11(15-10)21(19,20)16-7-5-13(4-2,6-8-16)12(17)18/h9H,3-8H2,1-2H3,(H,14,15)(H,17,18). The van der Waals surface area contributed by atoms with Gasteiger partial charge in [-0.3, -0.25) is 4.79 Å². The van der Waals surface area contributed by atoms with Gasteiger partial charge in [0.15, 0.2) is 5.03 Å². The Hall–Kier alpha value is -1.41. The number of aliphatic carboxylic acids is 1. The molecule has 2 N–H and O–H groups in total. The minimum Gasteiger partial charge on any atom is -0.481 e. The Bertz CT molecular complexity index is 615. The highest BCUT2D eigenvalue weighted by atomic mass is 32.2. The fraction of sp³-hybridized carbons (Fsp3) is 0.692. The molecule has 0 unspecified atom stereocenters. The first-order chi connectivity index (χ1) is 9.85. The number of rotatable bonds is 5. The molecule has 0 aliphatic carbocycles. The van der Waals surface area contributed by atoms with Crippen molar-refractivity contribution in [2.45, 2.75) is 44.6 Å². The van der Waals surface area contributed by atoms with E-state index in [0.29, 0.717) is 31.5 Å². The summed E-state index contributed by atoms with van der Waals surface area (Å²) in [5, 5.41) is 9.43.